The van der Waals surface area contributed by atoms with Gasteiger partial charge in [0.25, 0.3) is 0 Å². The van der Waals surface area contributed by atoms with E-state index in [-0.39, 0.29) is 11.9 Å². The number of benzene rings is 2. The number of hydrogen-bond donors (Lipinski definition) is 1. The molecule has 0 bridgehead atoms. The van der Waals surface area contributed by atoms with Crippen LogP contribution in [0.1, 0.15) is 37.8 Å². The van der Waals surface area contributed by atoms with Gasteiger partial charge in [0.2, 0.25) is 5.91 Å². The van der Waals surface area contributed by atoms with Crippen molar-refractivity contribution in [3.63, 3.8) is 0 Å². The molecule has 1 saturated heterocycles. The van der Waals surface area contributed by atoms with Gasteiger partial charge in [-0.15, -0.1) is 0 Å². The van der Waals surface area contributed by atoms with Crippen LogP contribution in [0, 0.1) is 11.3 Å². The third kappa shape index (κ3) is 3.72. The molecular weight excluding hydrogens is 322 g/mol. The van der Waals surface area contributed by atoms with E-state index in [1.54, 1.807) is 0 Å². The summed E-state index contributed by atoms with van der Waals surface area (Å²) in [6, 6.07) is 20.0. The van der Waals surface area contributed by atoms with Gasteiger partial charge in [-0.05, 0) is 44.4 Å². The molecule has 2 aromatic carbocycles. The van der Waals surface area contributed by atoms with Gasteiger partial charge in [0.1, 0.15) is 6.07 Å². The van der Waals surface area contributed by atoms with Gasteiger partial charge in [0.15, 0.2) is 0 Å². The van der Waals surface area contributed by atoms with Gasteiger partial charge < -0.3 is 10.2 Å². The van der Waals surface area contributed by atoms with Crippen LogP contribution in [0.4, 0.5) is 5.69 Å². The topological polar surface area (TPSA) is 56.1 Å². The maximum Gasteiger partial charge on any atom is 0.230 e. The van der Waals surface area contributed by atoms with E-state index in [0.29, 0.717) is 5.56 Å². The van der Waals surface area contributed by atoms with E-state index >= 15 is 0 Å². The summed E-state index contributed by atoms with van der Waals surface area (Å²) >= 11 is 0. The molecule has 2 aromatic rings. The predicted octanol–water partition coefficient (Wildman–Crippen LogP) is 3.62. The first-order valence-electron chi connectivity index (χ1n) is 9.13. The number of nitriles is 1. The molecule has 0 spiro atoms. The summed E-state index contributed by atoms with van der Waals surface area (Å²) in [5.74, 6) is 0.0691. The molecule has 0 saturated carbocycles. The van der Waals surface area contributed by atoms with Gasteiger partial charge in [-0.2, -0.15) is 5.26 Å². The lowest BCUT2D eigenvalue weighted by atomic mass is 9.83. The molecule has 0 atom stereocenters. The monoisotopic (exact) mass is 347 g/mol. The van der Waals surface area contributed by atoms with Gasteiger partial charge in [-0.1, -0.05) is 42.5 Å². The Labute approximate surface area is 155 Å². The van der Waals surface area contributed by atoms with Crippen molar-refractivity contribution < 1.29 is 4.79 Å². The molecule has 1 aliphatic heterocycles. The van der Waals surface area contributed by atoms with Crippen molar-refractivity contribution in [3.05, 3.63) is 65.7 Å². The van der Waals surface area contributed by atoms with Gasteiger partial charge in [-0.3, -0.25) is 4.79 Å². The molecule has 1 aliphatic rings. The molecule has 0 radical (unpaired) electrons. The van der Waals surface area contributed by atoms with Crippen molar-refractivity contribution >= 4 is 11.6 Å². The second kappa shape index (κ2) is 7.61. The smallest absolute Gasteiger partial charge is 0.230 e. The van der Waals surface area contributed by atoms with Crippen molar-refractivity contribution in [2.24, 2.45) is 0 Å². The van der Waals surface area contributed by atoms with E-state index in [4.69, 9.17) is 0 Å². The number of anilines is 1. The number of nitrogens with one attached hydrogen (secondary N) is 1. The number of hydrogen-bond acceptors (Lipinski definition) is 3. The Morgan fingerprint density at radius 3 is 2.35 bits per heavy atom. The number of rotatable bonds is 4. The Morgan fingerprint density at radius 2 is 1.69 bits per heavy atom. The maximum atomic E-state index is 12.8. The van der Waals surface area contributed by atoms with Crippen LogP contribution in [0.3, 0.4) is 0 Å². The molecule has 134 valence electrons. The molecular formula is C22H25N3O. The molecule has 0 aliphatic carbocycles. The molecule has 4 nitrogen and oxygen atoms in total. The van der Waals surface area contributed by atoms with E-state index in [0.717, 1.165) is 37.2 Å². The molecule has 1 fully saturated rings. The number of amides is 1. The number of carbonyl (C=O) groups excluding carboxylic acids is 1. The molecule has 1 heterocycles. The van der Waals surface area contributed by atoms with Gasteiger partial charge in [0.05, 0.1) is 16.7 Å². The normalized spacial score (nSPS) is 15.3. The summed E-state index contributed by atoms with van der Waals surface area (Å²) in [5.41, 5.74) is 2.17. The van der Waals surface area contributed by atoms with Crippen LogP contribution in [0.5, 0.6) is 0 Å². The van der Waals surface area contributed by atoms with Crippen LogP contribution in [0.15, 0.2) is 54.6 Å². The quantitative estimate of drug-likeness (QED) is 0.919. The summed E-state index contributed by atoms with van der Waals surface area (Å²) in [7, 11) is 0. The van der Waals surface area contributed by atoms with Crippen LogP contribution in [-0.4, -0.2) is 25.0 Å². The fourth-order valence-electron chi connectivity index (χ4n) is 3.46. The van der Waals surface area contributed by atoms with E-state index in [2.05, 4.69) is 16.3 Å². The summed E-state index contributed by atoms with van der Waals surface area (Å²) < 4.78 is 0. The van der Waals surface area contributed by atoms with Crippen LogP contribution >= 0.6 is 0 Å². The largest absolute Gasteiger partial charge is 0.370 e. The molecule has 4 heteroatoms. The Morgan fingerprint density at radius 1 is 1.08 bits per heavy atom. The van der Waals surface area contributed by atoms with E-state index in [9.17, 15) is 10.1 Å². The second-order valence-electron chi connectivity index (χ2n) is 7.35. The highest BCUT2D eigenvalue weighted by Gasteiger charge is 2.32. The highest BCUT2D eigenvalue weighted by atomic mass is 16.2. The zero-order valence-corrected chi connectivity index (χ0v) is 15.4. The Hall–Kier alpha value is -2.80. The molecule has 1 amide bonds. The summed E-state index contributed by atoms with van der Waals surface area (Å²) in [6.07, 6.45) is 1.77. The SMILES string of the molecule is CC(C)(C(=O)NC1CCN(c2ccccc2C#N)CC1)c1ccccc1. The first kappa shape index (κ1) is 18.0. The average molecular weight is 347 g/mol. The zero-order valence-electron chi connectivity index (χ0n) is 15.4. The summed E-state index contributed by atoms with van der Waals surface area (Å²) in [4.78, 5) is 15.1. The van der Waals surface area contributed by atoms with Crippen molar-refractivity contribution in [1.29, 1.82) is 5.26 Å². The summed E-state index contributed by atoms with van der Waals surface area (Å²) in [5, 5.41) is 12.5. The third-order valence-corrected chi connectivity index (χ3v) is 5.26. The number of piperidine rings is 1. The molecule has 26 heavy (non-hydrogen) atoms. The number of nitrogens with zero attached hydrogens (tertiary/aromatic N) is 2. The van der Waals surface area contributed by atoms with Gasteiger partial charge in [-0.25, -0.2) is 0 Å². The lowest BCUT2D eigenvalue weighted by Gasteiger charge is -2.36. The van der Waals surface area contributed by atoms with E-state index < -0.39 is 5.41 Å². The van der Waals surface area contributed by atoms with Crippen molar-refractivity contribution in [2.45, 2.75) is 38.1 Å². The van der Waals surface area contributed by atoms with Crippen LogP contribution < -0.4 is 10.2 Å². The molecule has 3 rings (SSSR count). The first-order chi connectivity index (χ1) is 12.5. The predicted molar refractivity (Wildman–Crippen MR) is 104 cm³/mol. The molecule has 1 N–H and O–H groups in total. The van der Waals surface area contributed by atoms with E-state index in [1.165, 1.54) is 0 Å². The highest BCUT2D eigenvalue weighted by Crippen LogP contribution is 2.26. The molecule has 0 aromatic heterocycles. The molecule has 0 unspecified atom stereocenters. The minimum atomic E-state index is -0.550. The van der Waals surface area contributed by atoms with Gasteiger partial charge >= 0.3 is 0 Å². The van der Waals surface area contributed by atoms with Crippen LogP contribution in [-0.2, 0) is 10.2 Å². The zero-order chi connectivity index (χ0) is 18.6. The fourth-order valence-corrected chi connectivity index (χ4v) is 3.46. The van der Waals surface area contributed by atoms with Crippen molar-refractivity contribution in [2.75, 3.05) is 18.0 Å². The fraction of sp³-hybridized carbons (Fsp3) is 0.364. The lowest BCUT2D eigenvalue weighted by molar-refractivity contribution is -0.126. The minimum absolute atomic E-state index is 0.0691. The Bertz CT molecular complexity index is 800. The summed E-state index contributed by atoms with van der Waals surface area (Å²) in [6.45, 7) is 5.62. The highest BCUT2D eigenvalue weighted by molar-refractivity contribution is 5.87. The second-order valence-corrected chi connectivity index (χ2v) is 7.35. The standard InChI is InChI=1S/C22H25N3O/c1-22(2,18-9-4-3-5-10-18)21(26)24-19-12-14-25(15-13-19)20-11-7-6-8-17(20)16-23/h3-11,19H,12-15H2,1-2H3,(H,24,26). The maximum absolute atomic E-state index is 12.8. The number of para-hydroxylation sites is 1. The van der Waals surface area contributed by atoms with Gasteiger partial charge in [0, 0.05) is 19.1 Å². The number of carbonyl (C=O) groups is 1. The third-order valence-electron chi connectivity index (χ3n) is 5.26. The van der Waals surface area contributed by atoms with E-state index in [1.807, 2.05) is 68.4 Å². The minimum Gasteiger partial charge on any atom is -0.370 e. The van der Waals surface area contributed by atoms with Crippen molar-refractivity contribution in [1.82, 2.24) is 5.32 Å². The Kier molecular flexibility index (Phi) is 5.27. The van der Waals surface area contributed by atoms with Crippen molar-refractivity contribution in [3.8, 4) is 6.07 Å². The first-order valence-corrected chi connectivity index (χ1v) is 9.13. The van der Waals surface area contributed by atoms with Crippen LogP contribution in [0.2, 0.25) is 0 Å². The Balaban J connectivity index is 1.61. The van der Waals surface area contributed by atoms with Crippen LogP contribution in [0.25, 0.3) is 0 Å². The lowest BCUT2D eigenvalue weighted by Crippen LogP contribution is -2.49. The average Bonchev–Trinajstić information content (AvgIpc) is 2.69.